The van der Waals surface area contributed by atoms with Gasteiger partial charge in [0, 0.05) is 0 Å². The van der Waals surface area contributed by atoms with Crippen LogP contribution in [0.2, 0.25) is 5.39 Å². The molecule has 2 heteroatoms. The zero-order valence-corrected chi connectivity index (χ0v) is 5.30. The average Bonchev–Trinajstić information content (AvgIpc) is 1.61. The second kappa shape index (κ2) is 5.52. The van der Waals surface area contributed by atoms with E-state index < -0.39 is 0 Å². The van der Waals surface area contributed by atoms with Crippen molar-refractivity contribution in [2.75, 3.05) is 0 Å². The van der Waals surface area contributed by atoms with Gasteiger partial charge < -0.3 is 0 Å². The van der Waals surface area contributed by atoms with E-state index in [1.54, 1.807) is 0 Å². The minimum absolute atomic E-state index is 0.936. The van der Waals surface area contributed by atoms with Crippen LogP contribution >= 0.6 is 10.2 Å². The maximum atomic E-state index is 5.27. The summed E-state index contributed by atoms with van der Waals surface area (Å²) < 4.78 is 0. The molecule has 0 N–H and O–H groups in total. The van der Waals surface area contributed by atoms with Crippen LogP contribution in [0.5, 0.6) is 0 Å². The fourth-order valence-electron chi connectivity index (χ4n) is 0.103. The monoisotopic (exact) mass is 148 g/mol. The Balaban J connectivity index is 2.66. The molecule has 0 rings (SSSR count). The predicted molar refractivity (Wildman–Crippen MR) is 25.5 cm³/mol. The SMILES string of the molecule is CC=C[CH2][Ni][Cl]. The van der Waals surface area contributed by atoms with Gasteiger partial charge in [-0.15, -0.1) is 0 Å². The van der Waals surface area contributed by atoms with E-state index in [0.717, 1.165) is 5.39 Å². The third-order valence-corrected chi connectivity index (χ3v) is 1.15. The summed E-state index contributed by atoms with van der Waals surface area (Å²) in [4.78, 5) is 0. The molecule has 40 valence electrons. The van der Waals surface area contributed by atoms with Crippen molar-refractivity contribution < 1.29 is 13.5 Å². The molecule has 0 fully saturated rings. The quantitative estimate of drug-likeness (QED) is 0.417. The van der Waals surface area contributed by atoms with Crippen molar-refractivity contribution in [2.24, 2.45) is 0 Å². The van der Waals surface area contributed by atoms with E-state index in [2.05, 4.69) is 0 Å². The van der Waals surface area contributed by atoms with Crippen LogP contribution in [-0.2, 0) is 13.5 Å². The molecule has 0 spiro atoms. The molecular weight excluding hydrogens is 142 g/mol. The van der Waals surface area contributed by atoms with Gasteiger partial charge in [-0.2, -0.15) is 0 Å². The van der Waals surface area contributed by atoms with Gasteiger partial charge in [0.15, 0.2) is 0 Å². The van der Waals surface area contributed by atoms with Gasteiger partial charge in [0.2, 0.25) is 0 Å². The van der Waals surface area contributed by atoms with E-state index in [9.17, 15) is 0 Å². The van der Waals surface area contributed by atoms with Crippen LogP contribution in [-0.4, -0.2) is 0 Å². The van der Waals surface area contributed by atoms with Crippen molar-refractivity contribution in [1.29, 1.82) is 0 Å². The van der Waals surface area contributed by atoms with Crippen LogP contribution < -0.4 is 0 Å². The van der Waals surface area contributed by atoms with Crippen molar-refractivity contribution in [2.45, 2.75) is 12.3 Å². The average molecular weight is 149 g/mol. The van der Waals surface area contributed by atoms with Gasteiger partial charge in [0.05, 0.1) is 0 Å². The Morgan fingerprint density at radius 3 is 2.67 bits per heavy atom. The Bertz CT molecular complexity index is 42.8. The van der Waals surface area contributed by atoms with Crippen LogP contribution in [0.3, 0.4) is 0 Å². The summed E-state index contributed by atoms with van der Waals surface area (Å²) in [6.45, 7) is 1.98. The van der Waals surface area contributed by atoms with Crippen LogP contribution in [0.4, 0.5) is 0 Å². The third kappa shape index (κ3) is 4.52. The van der Waals surface area contributed by atoms with Gasteiger partial charge in [0.25, 0.3) is 0 Å². The first-order valence-corrected chi connectivity index (χ1v) is 3.72. The van der Waals surface area contributed by atoms with Crippen LogP contribution in [0.25, 0.3) is 0 Å². The number of halogens is 1. The van der Waals surface area contributed by atoms with Gasteiger partial charge in [-0.3, -0.25) is 0 Å². The summed E-state index contributed by atoms with van der Waals surface area (Å²) >= 11 is 1.17. The first-order valence-electron chi connectivity index (χ1n) is 1.66. The van der Waals surface area contributed by atoms with Crippen molar-refractivity contribution in [1.82, 2.24) is 0 Å². The Kier molecular flexibility index (Phi) is 6.01. The maximum absolute atomic E-state index is 5.27. The van der Waals surface area contributed by atoms with E-state index in [1.165, 1.54) is 13.5 Å². The molecule has 0 aliphatic heterocycles. The Morgan fingerprint density at radius 2 is 2.50 bits per heavy atom. The molecule has 0 saturated heterocycles. The fourth-order valence-corrected chi connectivity index (χ4v) is 0.656. The summed E-state index contributed by atoms with van der Waals surface area (Å²) in [7, 11) is 5.27. The molecule has 0 aromatic heterocycles. The second-order valence-corrected chi connectivity index (χ2v) is 2.15. The standard InChI is InChI=1S/C4H7.ClH.Ni/c1-3-4-2;;/h3-4H,1H2,2H3;1H;/q;;+1/p-1. The number of allylic oxidation sites excluding steroid dienone is 2. The zero-order valence-electron chi connectivity index (χ0n) is 3.56. The van der Waals surface area contributed by atoms with E-state index in [0.29, 0.717) is 0 Å². The topological polar surface area (TPSA) is 0 Å². The Labute approximate surface area is 48.7 Å². The fraction of sp³-hybridized carbons (Fsp3) is 0.500. The van der Waals surface area contributed by atoms with Gasteiger partial charge in [-0.05, 0) is 0 Å². The first kappa shape index (κ1) is 6.52. The normalized spacial score (nSPS) is 11.0. The summed E-state index contributed by atoms with van der Waals surface area (Å²) in [5.74, 6) is 0. The van der Waals surface area contributed by atoms with Crippen molar-refractivity contribution >= 4 is 10.2 Å². The Morgan fingerprint density at radius 1 is 1.83 bits per heavy atom. The summed E-state index contributed by atoms with van der Waals surface area (Å²) in [5, 5.41) is 0.936. The molecule has 0 nitrogen and oxygen atoms in total. The van der Waals surface area contributed by atoms with Crippen LogP contribution in [0, 0.1) is 0 Å². The molecule has 0 aliphatic rings. The molecule has 0 aromatic carbocycles. The zero-order chi connectivity index (χ0) is 4.83. The van der Waals surface area contributed by atoms with Crippen LogP contribution in [0.1, 0.15) is 6.92 Å². The van der Waals surface area contributed by atoms with Crippen molar-refractivity contribution in [3.05, 3.63) is 12.2 Å². The number of hydrogen-bond donors (Lipinski definition) is 0. The van der Waals surface area contributed by atoms with Crippen molar-refractivity contribution in [3.63, 3.8) is 0 Å². The summed E-state index contributed by atoms with van der Waals surface area (Å²) in [6, 6.07) is 0. The molecule has 0 atom stereocenters. The predicted octanol–water partition coefficient (Wildman–Crippen LogP) is 2.22. The first-order chi connectivity index (χ1) is 2.91. The molecule has 0 unspecified atom stereocenters. The van der Waals surface area contributed by atoms with E-state index in [1.807, 2.05) is 19.1 Å². The molecule has 6 heavy (non-hydrogen) atoms. The molecular formula is C4H7ClNi. The van der Waals surface area contributed by atoms with Gasteiger partial charge >= 0.3 is 48.2 Å². The summed E-state index contributed by atoms with van der Waals surface area (Å²) in [5.41, 5.74) is 0. The molecule has 0 radical (unpaired) electrons. The van der Waals surface area contributed by atoms with Crippen LogP contribution in [0.15, 0.2) is 12.2 Å². The summed E-state index contributed by atoms with van der Waals surface area (Å²) in [6.07, 6.45) is 4.01. The van der Waals surface area contributed by atoms with E-state index in [-0.39, 0.29) is 0 Å². The molecule has 0 amide bonds. The molecule has 0 aliphatic carbocycles. The third-order valence-electron chi connectivity index (χ3n) is 0.359. The minimum atomic E-state index is 0.936. The second-order valence-electron chi connectivity index (χ2n) is 0.783. The molecule has 0 aromatic rings. The van der Waals surface area contributed by atoms with Gasteiger partial charge in [0.1, 0.15) is 0 Å². The van der Waals surface area contributed by atoms with Crippen molar-refractivity contribution in [3.8, 4) is 0 Å². The van der Waals surface area contributed by atoms with Gasteiger partial charge in [-0.1, -0.05) is 0 Å². The molecule has 0 heterocycles. The number of rotatable bonds is 2. The number of hydrogen-bond acceptors (Lipinski definition) is 0. The molecule has 0 bridgehead atoms. The molecule has 0 saturated carbocycles. The van der Waals surface area contributed by atoms with Gasteiger partial charge in [-0.25, -0.2) is 0 Å². The van der Waals surface area contributed by atoms with E-state index >= 15 is 0 Å². The van der Waals surface area contributed by atoms with E-state index in [4.69, 9.17) is 10.2 Å². The Hall–Kier alpha value is 0.524.